The molecule has 0 radical (unpaired) electrons. The number of thiol groups is 1. The predicted molar refractivity (Wildman–Crippen MR) is 66.8 cm³/mol. The standard InChI is InChI=1S/C11H6BrNS/c12-8-4-5-9-10-6(8)2-1-3-7(10)11(14)13-9/h1-5H,(H,13,14). The molecule has 0 saturated heterocycles. The number of halogens is 1. The Morgan fingerprint density at radius 3 is 2.86 bits per heavy atom. The summed E-state index contributed by atoms with van der Waals surface area (Å²) in [5, 5.41) is 3.21. The SMILES string of the molecule is SC1=Nc2ccc(Br)c3cccc1c23. The first kappa shape index (κ1) is 8.50. The second-order valence-corrected chi connectivity index (χ2v) is 4.51. The molecule has 0 N–H and O–H groups in total. The second-order valence-electron chi connectivity index (χ2n) is 3.23. The number of benzene rings is 2. The van der Waals surface area contributed by atoms with Crippen LogP contribution in [-0.2, 0) is 0 Å². The Bertz CT molecular complexity index is 575. The molecule has 0 fully saturated rings. The van der Waals surface area contributed by atoms with Crippen molar-refractivity contribution in [2.75, 3.05) is 0 Å². The number of hydrogen-bond acceptors (Lipinski definition) is 1. The van der Waals surface area contributed by atoms with Crippen molar-refractivity contribution in [1.82, 2.24) is 0 Å². The van der Waals surface area contributed by atoms with Gasteiger partial charge < -0.3 is 0 Å². The Balaban J connectivity index is 2.59. The highest BCUT2D eigenvalue weighted by atomic mass is 79.9. The van der Waals surface area contributed by atoms with Crippen molar-refractivity contribution in [2.24, 2.45) is 4.99 Å². The summed E-state index contributed by atoms with van der Waals surface area (Å²) in [5.41, 5.74) is 2.14. The lowest BCUT2D eigenvalue weighted by Crippen LogP contribution is -1.85. The summed E-state index contributed by atoms with van der Waals surface area (Å²) in [6.45, 7) is 0. The molecule has 2 aromatic rings. The van der Waals surface area contributed by atoms with Gasteiger partial charge in [0.15, 0.2) is 0 Å². The molecule has 0 aromatic heterocycles. The van der Waals surface area contributed by atoms with Gasteiger partial charge in [0.1, 0.15) is 5.04 Å². The molecule has 3 heteroatoms. The van der Waals surface area contributed by atoms with Crippen LogP contribution >= 0.6 is 28.6 Å². The van der Waals surface area contributed by atoms with Crippen molar-refractivity contribution in [2.45, 2.75) is 0 Å². The summed E-state index contributed by atoms with van der Waals surface area (Å²) in [7, 11) is 0. The van der Waals surface area contributed by atoms with Gasteiger partial charge in [-0.15, -0.1) is 12.6 Å². The zero-order valence-corrected chi connectivity index (χ0v) is 9.64. The van der Waals surface area contributed by atoms with Gasteiger partial charge in [0.2, 0.25) is 0 Å². The quantitative estimate of drug-likeness (QED) is 0.692. The molecule has 1 nitrogen and oxygen atoms in total. The highest BCUT2D eigenvalue weighted by Gasteiger charge is 2.16. The van der Waals surface area contributed by atoms with E-state index in [-0.39, 0.29) is 0 Å². The van der Waals surface area contributed by atoms with Crippen LogP contribution < -0.4 is 0 Å². The van der Waals surface area contributed by atoms with E-state index in [0.29, 0.717) is 0 Å². The van der Waals surface area contributed by atoms with Crippen molar-refractivity contribution in [3.05, 3.63) is 40.4 Å². The van der Waals surface area contributed by atoms with Crippen molar-refractivity contribution >= 4 is 50.1 Å². The zero-order valence-electron chi connectivity index (χ0n) is 7.16. The lowest BCUT2D eigenvalue weighted by molar-refractivity contribution is 1.61. The maximum atomic E-state index is 4.40. The molecule has 14 heavy (non-hydrogen) atoms. The normalized spacial score (nSPS) is 13.4. The third kappa shape index (κ3) is 0.996. The molecule has 0 saturated carbocycles. The molecule has 0 bridgehead atoms. The fourth-order valence-electron chi connectivity index (χ4n) is 1.81. The van der Waals surface area contributed by atoms with E-state index >= 15 is 0 Å². The Hall–Kier alpha value is -0.800. The van der Waals surface area contributed by atoms with Crippen LogP contribution in [0.4, 0.5) is 5.69 Å². The molecule has 2 aromatic carbocycles. The summed E-state index contributed by atoms with van der Waals surface area (Å²) in [5.74, 6) is 0. The smallest absolute Gasteiger partial charge is 0.102 e. The third-order valence-electron chi connectivity index (χ3n) is 2.43. The van der Waals surface area contributed by atoms with E-state index in [2.05, 4.69) is 45.7 Å². The molecule has 0 amide bonds. The van der Waals surface area contributed by atoms with Gasteiger partial charge in [-0.25, -0.2) is 4.99 Å². The summed E-state index contributed by atoms with van der Waals surface area (Å²) in [6.07, 6.45) is 0. The molecule has 0 unspecified atom stereocenters. The van der Waals surface area contributed by atoms with Gasteiger partial charge in [-0.05, 0) is 17.5 Å². The minimum absolute atomic E-state index is 0.809. The number of nitrogens with zero attached hydrogens (tertiary/aromatic N) is 1. The molecule has 0 atom stereocenters. The minimum atomic E-state index is 0.809. The average Bonchev–Trinajstić information content (AvgIpc) is 2.52. The molecule has 1 aliphatic rings. The average molecular weight is 264 g/mol. The predicted octanol–water partition coefficient (Wildman–Crippen LogP) is 3.92. The van der Waals surface area contributed by atoms with Crippen LogP contribution in [0.5, 0.6) is 0 Å². The van der Waals surface area contributed by atoms with Crippen LogP contribution in [-0.4, -0.2) is 5.04 Å². The first-order chi connectivity index (χ1) is 6.77. The van der Waals surface area contributed by atoms with E-state index in [1.54, 1.807) is 0 Å². The van der Waals surface area contributed by atoms with Gasteiger partial charge in [-0.1, -0.05) is 34.1 Å². The molecule has 0 aliphatic carbocycles. The largest absolute Gasteiger partial charge is 0.241 e. The minimum Gasteiger partial charge on any atom is -0.241 e. The molecular weight excluding hydrogens is 258 g/mol. The first-order valence-electron chi connectivity index (χ1n) is 4.26. The first-order valence-corrected chi connectivity index (χ1v) is 5.50. The Labute approximate surface area is 95.4 Å². The van der Waals surface area contributed by atoms with Crippen molar-refractivity contribution in [3.8, 4) is 0 Å². The third-order valence-corrected chi connectivity index (χ3v) is 3.47. The van der Waals surface area contributed by atoms with E-state index in [4.69, 9.17) is 0 Å². The highest BCUT2D eigenvalue weighted by Crippen LogP contribution is 2.39. The summed E-state index contributed by atoms with van der Waals surface area (Å²) < 4.78 is 1.11. The second kappa shape index (κ2) is 2.84. The topological polar surface area (TPSA) is 12.4 Å². The van der Waals surface area contributed by atoms with Crippen LogP contribution in [0.15, 0.2) is 39.8 Å². The van der Waals surface area contributed by atoms with Crippen molar-refractivity contribution in [3.63, 3.8) is 0 Å². The fraction of sp³-hybridized carbons (Fsp3) is 0. The van der Waals surface area contributed by atoms with Gasteiger partial charge in [0.05, 0.1) is 5.69 Å². The molecular formula is C11H6BrNS. The number of hydrogen-bond donors (Lipinski definition) is 1. The van der Waals surface area contributed by atoms with Gasteiger partial charge in [0, 0.05) is 15.4 Å². The van der Waals surface area contributed by atoms with E-state index in [0.717, 1.165) is 20.8 Å². The fourth-order valence-corrected chi connectivity index (χ4v) is 2.56. The molecule has 3 rings (SSSR count). The van der Waals surface area contributed by atoms with E-state index in [9.17, 15) is 0 Å². The molecule has 0 spiro atoms. The highest BCUT2D eigenvalue weighted by molar-refractivity contribution is 9.10. The van der Waals surface area contributed by atoms with Crippen molar-refractivity contribution < 1.29 is 0 Å². The van der Waals surface area contributed by atoms with E-state index < -0.39 is 0 Å². The molecule has 1 heterocycles. The van der Waals surface area contributed by atoms with Crippen LogP contribution in [0.25, 0.3) is 10.8 Å². The van der Waals surface area contributed by atoms with Crippen LogP contribution in [0, 0.1) is 0 Å². The zero-order chi connectivity index (χ0) is 9.71. The lowest BCUT2D eigenvalue weighted by atomic mass is 10.1. The van der Waals surface area contributed by atoms with Gasteiger partial charge in [-0.2, -0.15) is 0 Å². The Morgan fingerprint density at radius 2 is 2.00 bits per heavy atom. The van der Waals surface area contributed by atoms with E-state index in [1.165, 1.54) is 10.8 Å². The maximum Gasteiger partial charge on any atom is 0.102 e. The monoisotopic (exact) mass is 263 g/mol. The Kier molecular flexibility index (Phi) is 1.73. The summed E-state index contributed by atoms with van der Waals surface area (Å²) in [4.78, 5) is 4.40. The van der Waals surface area contributed by atoms with Gasteiger partial charge >= 0.3 is 0 Å². The number of rotatable bonds is 0. The molecule has 1 aliphatic heterocycles. The van der Waals surface area contributed by atoms with Crippen molar-refractivity contribution in [1.29, 1.82) is 0 Å². The van der Waals surface area contributed by atoms with Crippen LogP contribution in [0.3, 0.4) is 0 Å². The van der Waals surface area contributed by atoms with Gasteiger partial charge in [-0.3, -0.25) is 0 Å². The van der Waals surface area contributed by atoms with Gasteiger partial charge in [0.25, 0.3) is 0 Å². The number of aliphatic imine (C=N–C) groups is 1. The van der Waals surface area contributed by atoms with E-state index in [1.807, 2.05) is 18.2 Å². The summed E-state index contributed by atoms with van der Waals surface area (Å²) in [6, 6.07) is 10.2. The maximum absolute atomic E-state index is 4.40. The molecule has 68 valence electrons. The summed E-state index contributed by atoms with van der Waals surface area (Å²) >= 11 is 7.90. The lowest BCUT2D eigenvalue weighted by Gasteiger charge is -2.02. The Morgan fingerprint density at radius 1 is 1.14 bits per heavy atom. The van der Waals surface area contributed by atoms with Crippen LogP contribution in [0.1, 0.15) is 5.56 Å². The van der Waals surface area contributed by atoms with Crippen LogP contribution in [0.2, 0.25) is 0 Å².